The molecule has 0 aliphatic carbocycles. The van der Waals surface area contributed by atoms with E-state index >= 15 is 0 Å². The van der Waals surface area contributed by atoms with Gasteiger partial charge in [0, 0.05) is 6.61 Å². The molecule has 5 heteroatoms. The van der Waals surface area contributed by atoms with Crippen molar-refractivity contribution in [2.45, 2.75) is 38.9 Å². The zero-order valence-corrected chi connectivity index (χ0v) is 11.9. The van der Waals surface area contributed by atoms with Gasteiger partial charge in [-0.25, -0.2) is 0 Å². The van der Waals surface area contributed by atoms with Gasteiger partial charge in [0.05, 0.1) is 18.2 Å². The first-order valence-electron chi connectivity index (χ1n) is 6.85. The van der Waals surface area contributed by atoms with Gasteiger partial charge in [0.25, 0.3) is 0 Å². The van der Waals surface area contributed by atoms with Crippen LogP contribution in [-0.2, 0) is 10.9 Å². The smallest absolute Gasteiger partial charge is 0.379 e. The molecule has 0 fully saturated rings. The molecule has 0 aliphatic heterocycles. The average molecular weight is 289 g/mol. The molecular weight excluding hydrogens is 267 g/mol. The highest BCUT2D eigenvalue weighted by Crippen LogP contribution is 2.29. The van der Waals surface area contributed by atoms with Gasteiger partial charge in [-0.2, -0.15) is 13.2 Å². The Morgan fingerprint density at radius 3 is 2.25 bits per heavy atom. The van der Waals surface area contributed by atoms with E-state index in [9.17, 15) is 13.2 Å². The fourth-order valence-electron chi connectivity index (χ4n) is 1.99. The number of benzene rings is 1. The minimum absolute atomic E-state index is 0.319. The van der Waals surface area contributed by atoms with Crippen LogP contribution in [0.4, 0.5) is 13.2 Å². The summed E-state index contributed by atoms with van der Waals surface area (Å²) in [5.74, 6) is 0.472. The fourth-order valence-corrected chi connectivity index (χ4v) is 1.99. The van der Waals surface area contributed by atoms with E-state index in [1.54, 1.807) is 0 Å². The predicted octanol–water partition coefficient (Wildman–Crippen LogP) is 4.16. The summed E-state index contributed by atoms with van der Waals surface area (Å²) in [6.45, 7) is 5.17. The van der Waals surface area contributed by atoms with E-state index in [1.807, 2.05) is 0 Å². The molecule has 1 aromatic carbocycles. The highest BCUT2D eigenvalue weighted by molar-refractivity contribution is 5.26. The van der Waals surface area contributed by atoms with Crippen molar-refractivity contribution >= 4 is 0 Å². The van der Waals surface area contributed by atoms with Gasteiger partial charge in [0.1, 0.15) is 0 Å². The summed E-state index contributed by atoms with van der Waals surface area (Å²) >= 11 is 0. The number of hydrogen-bond donors (Lipinski definition) is 1. The van der Waals surface area contributed by atoms with Crippen molar-refractivity contribution in [2.24, 2.45) is 11.7 Å². The number of alkyl halides is 3. The summed E-state index contributed by atoms with van der Waals surface area (Å²) in [6, 6.07) is 4.52. The molecule has 0 amide bonds. The maximum Gasteiger partial charge on any atom is 0.416 e. The van der Waals surface area contributed by atoms with E-state index in [0.29, 0.717) is 24.7 Å². The van der Waals surface area contributed by atoms with E-state index in [4.69, 9.17) is 10.5 Å². The molecule has 1 rings (SSSR count). The first-order chi connectivity index (χ1) is 9.34. The van der Waals surface area contributed by atoms with Gasteiger partial charge in [-0.3, -0.25) is 0 Å². The van der Waals surface area contributed by atoms with Crippen molar-refractivity contribution in [1.82, 2.24) is 0 Å². The van der Waals surface area contributed by atoms with Crippen LogP contribution in [0.5, 0.6) is 0 Å². The molecule has 1 aromatic rings. The van der Waals surface area contributed by atoms with Crippen LogP contribution in [0.25, 0.3) is 0 Å². The van der Waals surface area contributed by atoms with Crippen LogP contribution in [0.15, 0.2) is 24.3 Å². The molecule has 2 N–H and O–H groups in total. The third-order valence-electron chi connectivity index (χ3n) is 3.15. The van der Waals surface area contributed by atoms with Gasteiger partial charge in [-0.15, -0.1) is 0 Å². The maximum absolute atomic E-state index is 12.4. The molecule has 0 spiro atoms. The monoisotopic (exact) mass is 289 g/mol. The van der Waals surface area contributed by atoms with Crippen molar-refractivity contribution in [3.63, 3.8) is 0 Å². The molecule has 0 aromatic heterocycles. The molecule has 0 heterocycles. The summed E-state index contributed by atoms with van der Waals surface area (Å²) in [6.07, 6.45) is -2.11. The minimum atomic E-state index is -4.31. The Labute approximate surface area is 118 Å². The number of hydrogen-bond acceptors (Lipinski definition) is 2. The lowest BCUT2D eigenvalue weighted by Crippen LogP contribution is -2.19. The summed E-state index contributed by atoms with van der Waals surface area (Å²) < 4.78 is 42.8. The van der Waals surface area contributed by atoms with Gasteiger partial charge in [0.2, 0.25) is 0 Å². The van der Waals surface area contributed by atoms with Crippen LogP contribution < -0.4 is 5.73 Å². The molecule has 0 saturated carbocycles. The van der Waals surface area contributed by atoms with E-state index in [-0.39, 0.29) is 0 Å². The second-order valence-corrected chi connectivity index (χ2v) is 5.16. The molecule has 2 nitrogen and oxygen atoms in total. The minimum Gasteiger partial charge on any atom is -0.379 e. The molecule has 114 valence electrons. The average Bonchev–Trinajstić information content (AvgIpc) is 2.38. The lowest BCUT2D eigenvalue weighted by molar-refractivity contribution is -0.137. The Morgan fingerprint density at radius 2 is 1.75 bits per heavy atom. The van der Waals surface area contributed by atoms with E-state index in [2.05, 4.69) is 13.8 Å². The van der Waals surface area contributed by atoms with E-state index in [0.717, 1.165) is 25.0 Å². The van der Waals surface area contributed by atoms with E-state index in [1.165, 1.54) is 12.1 Å². The van der Waals surface area contributed by atoms with Crippen LogP contribution in [0.1, 0.15) is 43.9 Å². The topological polar surface area (TPSA) is 35.2 Å². The zero-order chi connectivity index (χ0) is 15.2. The van der Waals surface area contributed by atoms with Crippen LogP contribution >= 0.6 is 0 Å². The summed E-state index contributed by atoms with van der Waals surface area (Å²) in [5, 5.41) is 0. The van der Waals surface area contributed by atoms with Crippen LogP contribution in [0, 0.1) is 5.92 Å². The maximum atomic E-state index is 12.4. The SMILES string of the molecule is CCCC(C)COCC(N)c1ccc(C(F)(F)F)cc1. The molecule has 2 unspecified atom stereocenters. The molecule has 2 atom stereocenters. The highest BCUT2D eigenvalue weighted by atomic mass is 19.4. The zero-order valence-electron chi connectivity index (χ0n) is 11.9. The Kier molecular flexibility index (Phi) is 6.49. The molecule has 0 radical (unpaired) electrons. The predicted molar refractivity (Wildman–Crippen MR) is 73.3 cm³/mol. The highest BCUT2D eigenvalue weighted by Gasteiger charge is 2.30. The normalized spacial score (nSPS) is 15.1. The Balaban J connectivity index is 2.46. The molecule has 20 heavy (non-hydrogen) atoms. The number of nitrogens with two attached hydrogens (primary N) is 1. The summed E-state index contributed by atoms with van der Waals surface area (Å²) in [7, 11) is 0. The number of rotatable bonds is 7. The largest absolute Gasteiger partial charge is 0.416 e. The standard InChI is InChI=1S/C15H22F3NO/c1-3-4-11(2)9-20-10-14(19)12-5-7-13(8-6-12)15(16,17)18/h5-8,11,14H,3-4,9-10,19H2,1-2H3. The third-order valence-corrected chi connectivity index (χ3v) is 3.15. The third kappa shape index (κ3) is 5.51. The van der Waals surface area contributed by atoms with Crippen molar-refractivity contribution in [2.75, 3.05) is 13.2 Å². The quantitative estimate of drug-likeness (QED) is 0.818. The van der Waals surface area contributed by atoms with Gasteiger partial charge in [0.15, 0.2) is 0 Å². The second-order valence-electron chi connectivity index (χ2n) is 5.16. The Morgan fingerprint density at radius 1 is 1.15 bits per heavy atom. The van der Waals surface area contributed by atoms with Crippen LogP contribution in [0.2, 0.25) is 0 Å². The van der Waals surface area contributed by atoms with Gasteiger partial charge < -0.3 is 10.5 Å². The number of halogens is 3. The molecular formula is C15H22F3NO. The Bertz CT molecular complexity index is 389. The summed E-state index contributed by atoms with van der Waals surface area (Å²) in [4.78, 5) is 0. The number of ether oxygens (including phenoxy) is 1. The van der Waals surface area contributed by atoms with Gasteiger partial charge in [-0.05, 0) is 30.0 Å². The van der Waals surface area contributed by atoms with Crippen molar-refractivity contribution < 1.29 is 17.9 Å². The van der Waals surface area contributed by atoms with Crippen molar-refractivity contribution in [3.05, 3.63) is 35.4 Å². The van der Waals surface area contributed by atoms with Crippen LogP contribution in [-0.4, -0.2) is 13.2 Å². The fraction of sp³-hybridized carbons (Fsp3) is 0.600. The second kappa shape index (κ2) is 7.64. The molecule has 0 saturated heterocycles. The van der Waals surface area contributed by atoms with Gasteiger partial charge >= 0.3 is 6.18 Å². The Hall–Kier alpha value is -1.07. The van der Waals surface area contributed by atoms with E-state index < -0.39 is 17.8 Å². The van der Waals surface area contributed by atoms with Crippen molar-refractivity contribution in [3.8, 4) is 0 Å². The molecule has 0 bridgehead atoms. The summed E-state index contributed by atoms with van der Waals surface area (Å²) in [5.41, 5.74) is 5.90. The first-order valence-corrected chi connectivity index (χ1v) is 6.85. The lowest BCUT2D eigenvalue weighted by atomic mass is 10.1. The van der Waals surface area contributed by atoms with Gasteiger partial charge in [-0.1, -0.05) is 32.4 Å². The first kappa shape index (κ1) is 17.0. The molecule has 0 aliphatic rings. The van der Waals surface area contributed by atoms with Crippen LogP contribution in [0.3, 0.4) is 0 Å². The van der Waals surface area contributed by atoms with Crippen molar-refractivity contribution in [1.29, 1.82) is 0 Å². The lowest BCUT2D eigenvalue weighted by Gasteiger charge is -2.16.